The number of methoxy groups -OCH3 is 1. The van der Waals surface area contributed by atoms with E-state index in [0.717, 1.165) is 12.8 Å². The number of nitrogens with zero attached hydrogens (tertiary/aromatic N) is 2. The van der Waals surface area contributed by atoms with Gasteiger partial charge in [0, 0.05) is 6.42 Å². The molecule has 1 atom stereocenters. The van der Waals surface area contributed by atoms with Gasteiger partial charge in [-0.3, -0.25) is 10.1 Å². The van der Waals surface area contributed by atoms with Crippen molar-refractivity contribution in [1.82, 2.24) is 15.2 Å². The lowest BCUT2D eigenvalue weighted by Gasteiger charge is -2.05. The van der Waals surface area contributed by atoms with Gasteiger partial charge in [-0.25, -0.2) is 5.10 Å². The van der Waals surface area contributed by atoms with Crippen LogP contribution in [0.4, 0.5) is 5.95 Å². The fraction of sp³-hybridized carbons (Fsp3) is 0.500. The minimum absolute atomic E-state index is 0.0599. The van der Waals surface area contributed by atoms with Gasteiger partial charge in [0.1, 0.15) is 0 Å². The molecule has 6 nitrogen and oxygen atoms in total. The van der Waals surface area contributed by atoms with E-state index in [4.69, 9.17) is 4.74 Å². The zero-order valence-corrected chi connectivity index (χ0v) is 9.06. The average molecular weight is 222 g/mol. The summed E-state index contributed by atoms with van der Waals surface area (Å²) in [4.78, 5) is 15.5. The SMILES string of the molecule is COc1n[nH]c(NC(=O)CC2C=CCC2)n1. The quantitative estimate of drug-likeness (QED) is 0.748. The van der Waals surface area contributed by atoms with E-state index in [-0.39, 0.29) is 11.9 Å². The molecule has 0 radical (unpaired) electrons. The van der Waals surface area contributed by atoms with E-state index in [1.807, 2.05) is 0 Å². The maximum atomic E-state index is 11.6. The molecule has 0 bridgehead atoms. The van der Waals surface area contributed by atoms with Gasteiger partial charge in [-0.05, 0) is 18.8 Å². The van der Waals surface area contributed by atoms with Crippen LogP contribution < -0.4 is 10.1 Å². The van der Waals surface area contributed by atoms with Crippen LogP contribution in [0.3, 0.4) is 0 Å². The summed E-state index contributed by atoms with van der Waals surface area (Å²) in [7, 11) is 1.47. The number of allylic oxidation sites excluding steroid dienone is 2. The summed E-state index contributed by atoms with van der Waals surface area (Å²) in [5.41, 5.74) is 0. The Bertz CT molecular complexity index is 399. The van der Waals surface area contributed by atoms with Crippen molar-refractivity contribution >= 4 is 11.9 Å². The Morgan fingerprint density at radius 3 is 3.25 bits per heavy atom. The van der Waals surface area contributed by atoms with Crippen LogP contribution in [0.1, 0.15) is 19.3 Å². The van der Waals surface area contributed by atoms with Gasteiger partial charge in [0.2, 0.25) is 11.9 Å². The molecule has 1 unspecified atom stereocenters. The van der Waals surface area contributed by atoms with Crippen LogP contribution in [0.15, 0.2) is 12.2 Å². The van der Waals surface area contributed by atoms with Crippen molar-refractivity contribution in [3.8, 4) is 6.01 Å². The summed E-state index contributed by atoms with van der Waals surface area (Å²) in [6.45, 7) is 0. The van der Waals surface area contributed by atoms with Crippen molar-refractivity contribution < 1.29 is 9.53 Å². The van der Waals surface area contributed by atoms with Crippen LogP contribution in [-0.2, 0) is 4.79 Å². The zero-order chi connectivity index (χ0) is 11.4. The normalized spacial score (nSPS) is 18.7. The van der Waals surface area contributed by atoms with Gasteiger partial charge in [-0.2, -0.15) is 4.98 Å². The highest BCUT2D eigenvalue weighted by molar-refractivity contribution is 5.89. The molecule has 0 spiro atoms. The van der Waals surface area contributed by atoms with Gasteiger partial charge in [-0.15, -0.1) is 5.10 Å². The van der Waals surface area contributed by atoms with Crippen LogP contribution >= 0.6 is 0 Å². The molecule has 6 heteroatoms. The highest BCUT2D eigenvalue weighted by Crippen LogP contribution is 2.20. The Kier molecular flexibility index (Phi) is 3.19. The molecule has 1 aliphatic rings. The predicted octanol–water partition coefficient (Wildman–Crippen LogP) is 1.11. The summed E-state index contributed by atoms with van der Waals surface area (Å²) < 4.78 is 4.79. The van der Waals surface area contributed by atoms with Crippen LogP contribution in [-0.4, -0.2) is 28.2 Å². The van der Waals surface area contributed by atoms with Crippen molar-refractivity contribution in [1.29, 1.82) is 0 Å². The number of ether oxygens (including phenoxy) is 1. The number of hydrogen-bond acceptors (Lipinski definition) is 4. The summed E-state index contributed by atoms with van der Waals surface area (Å²) in [5, 5.41) is 8.95. The van der Waals surface area contributed by atoms with Crippen LogP contribution in [0, 0.1) is 5.92 Å². The van der Waals surface area contributed by atoms with Crippen molar-refractivity contribution in [2.75, 3.05) is 12.4 Å². The number of aromatic amines is 1. The Morgan fingerprint density at radius 1 is 1.75 bits per heavy atom. The minimum atomic E-state index is -0.0599. The Balaban J connectivity index is 1.84. The molecule has 1 heterocycles. The van der Waals surface area contributed by atoms with E-state index in [2.05, 4.69) is 32.7 Å². The second kappa shape index (κ2) is 4.78. The third-order valence-corrected chi connectivity index (χ3v) is 2.47. The lowest BCUT2D eigenvalue weighted by Crippen LogP contribution is -2.15. The number of H-pyrrole nitrogens is 1. The predicted molar refractivity (Wildman–Crippen MR) is 58.0 cm³/mol. The third kappa shape index (κ3) is 2.59. The molecule has 0 aliphatic heterocycles. The van der Waals surface area contributed by atoms with E-state index in [9.17, 15) is 4.79 Å². The van der Waals surface area contributed by atoms with E-state index in [0.29, 0.717) is 18.3 Å². The van der Waals surface area contributed by atoms with Gasteiger partial charge in [0.05, 0.1) is 7.11 Å². The molecule has 2 rings (SSSR count). The zero-order valence-electron chi connectivity index (χ0n) is 9.06. The molecule has 1 amide bonds. The maximum Gasteiger partial charge on any atom is 0.336 e. The van der Waals surface area contributed by atoms with Crippen molar-refractivity contribution in [3.63, 3.8) is 0 Å². The fourth-order valence-electron chi connectivity index (χ4n) is 1.68. The topological polar surface area (TPSA) is 79.9 Å². The Labute approximate surface area is 93.1 Å². The van der Waals surface area contributed by atoms with Crippen LogP contribution in [0.2, 0.25) is 0 Å². The Morgan fingerprint density at radius 2 is 2.62 bits per heavy atom. The number of carbonyl (C=O) groups is 1. The van der Waals surface area contributed by atoms with Gasteiger partial charge in [0.25, 0.3) is 0 Å². The van der Waals surface area contributed by atoms with Crippen molar-refractivity contribution in [3.05, 3.63) is 12.2 Å². The lowest BCUT2D eigenvalue weighted by molar-refractivity contribution is -0.116. The largest absolute Gasteiger partial charge is 0.466 e. The Hall–Kier alpha value is -1.85. The number of carbonyl (C=O) groups excluding carboxylic acids is 1. The van der Waals surface area contributed by atoms with Crippen molar-refractivity contribution in [2.24, 2.45) is 5.92 Å². The number of aromatic nitrogens is 3. The molecular formula is C10H14N4O2. The molecule has 86 valence electrons. The average Bonchev–Trinajstić information content (AvgIpc) is 2.89. The molecule has 1 aliphatic carbocycles. The summed E-state index contributed by atoms with van der Waals surface area (Å²) in [6.07, 6.45) is 6.79. The second-order valence-electron chi connectivity index (χ2n) is 3.69. The van der Waals surface area contributed by atoms with Gasteiger partial charge < -0.3 is 4.74 Å². The highest BCUT2D eigenvalue weighted by Gasteiger charge is 2.15. The van der Waals surface area contributed by atoms with E-state index in [1.54, 1.807) is 0 Å². The number of anilines is 1. The first-order chi connectivity index (χ1) is 7.78. The van der Waals surface area contributed by atoms with E-state index < -0.39 is 0 Å². The molecule has 1 aromatic rings. The summed E-state index contributed by atoms with van der Waals surface area (Å²) >= 11 is 0. The molecule has 0 saturated carbocycles. The molecule has 0 aromatic carbocycles. The first kappa shape index (κ1) is 10.7. The molecule has 2 N–H and O–H groups in total. The number of nitrogens with one attached hydrogen (secondary N) is 2. The molecular weight excluding hydrogens is 208 g/mol. The summed E-state index contributed by atoms with van der Waals surface area (Å²) in [5.74, 6) is 0.615. The molecule has 0 saturated heterocycles. The first-order valence-electron chi connectivity index (χ1n) is 5.21. The second-order valence-corrected chi connectivity index (χ2v) is 3.69. The molecule has 16 heavy (non-hydrogen) atoms. The van der Waals surface area contributed by atoms with Crippen molar-refractivity contribution in [2.45, 2.75) is 19.3 Å². The van der Waals surface area contributed by atoms with Crippen LogP contribution in [0.5, 0.6) is 6.01 Å². The first-order valence-corrected chi connectivity index (χ1v) is 5.21. The number of rotatable bonds is 4. The van der Waals surface area contributed by atoms with E-state index >= 15 is 0 Å². The third-order valence-electron chi connectivity index (χ3n) is 2.47. The van der Waals surface area contributed by atoms with Gasteiger partial charge in [-0.1, -0.05) is 12.2 Å². The number of hydrogen-bond donors (Lipinski definition) is 2. The monoisotopic (exact) mass is 222 g/mol. The van der Waals surface area contributed by atoms with Gasteiger partial charge in [0.15, 0.2) is 0 Å². The lowest BCUT2D eigenvalue weighted by atomic mass is 10.1. The van der Waals surface area contributed by atoms with E-state index in [1.165, 1.54) is 7.11 Å². The molecule has 1 aromatic heterocycles. The smallest absolute Gasteiger partial charge is 0.336 e. The van der Waals surface area contributed by atoms with Crippen LogP contribution in [0.25, 0.3) is 0 Å². The highest BCUT2D eigenvalue weighted by atomic mass is 16.5. The number of amides is 1. The maximum absolute atomic E-state index is 11.6. The fourth-order valence-corrected chi connectivity index (χ4v) is 1.68. The molecule has 0 fully saturated rings. The minimum Gasteiger partial charge on any atom is -0.466 e. The van der Waals surface area contributed by atoms with Gasteiger partial charge >= 0.3 is 6.01 Å². The summed E-state index contributed by atoms with van der Waals surface area (Å²) in [6, 6.07) is 0.219. The standard InChI is InChI=1S/C10H14N4O2/c1-16-10-12-9(13-14-10)11-8(15)6-7-4-2-3-5-7/h2,4,7H,3,5-6H2,1H3,(H2,11,12,13,14,15).